The first-order chi connectivity index (χ1) is 8.58. The monoisotopic (exact) mass is 247 g/mol. The molecule has 18 heavy (non-hydrogen) atoms. The number of hydrogen-bond acceptors (Lipinski definition) is 3. The zero-order chi connectivity index (χ0) is 13.1. The lowest BCUT2D eigenvalue weighted by atomic mass is 10.2. The number of carboxylic acids is 1. The first-order valence-electron chi connectivity index (χ1n) is 5.19. The molecule has 2 aromatic rings. The molecule has 1 aromatic heterocycles. The van der Waals surface area contributed by atoms with Crippen molar-refractivity contribution in [2.24, 2.45) is 0 Å². The van der Waals surface area contributed by atoms with Gasteiger partial charge in [-0.1, -0.05) is 12.1 Å². The Morgan fingerprint density at radius 2 is 2.17 bits per heavy atom. The van der Waals surface area contributed by atoms with Crippen LogP contribution in [0.5, 0.6) is 11.5 Å². The van der Waals surface area contributed by atoms with Crippen LogP contribution in [0.25, 0.3) is 0 Å². The van der Waals surface area contributed by atoms with Crippen molar-refractivity contribution in [3.8, 4) is 11.5 Å². The lowest BCUT2D eigenvalue weighted by Gasteiger charge is -2.08. The minimum Gasteiger partial charge on any atom is -0.478 e. The summed E-state index contributed by atoms with van der Waals surface area (Å²) in [5, 5.41) is 8.80. The van der Waals surface area contributed by atoms with E-state index in [1.54, 1.807) is 19.1 Å². The third-order valence-corrected chi connectivity index (χ3v) is 2.34. The van der Waals surface area contributed by atoms with Crippen LogP contribution in [0.4, 0.5) is 4.39 Å². The zero-order valence-electron chi connectivity index (χ0n) is 9.55. The highest BCUT2D eigenvalue weighted by Gasteiger charge is 2.09. The van der Waals surface area contributed by atoms with Crippen molar-refractivity contribution < 1.29 is 19.0 Å². The minimum atomic E-state index is -1.11. The van der Waals surface area contributed by atoms with Crippen LogP contribution in [0.2, 0.25) is 0 Å². The van der Waals surface area contributed by atoms with E-state index in [1.807, 2.05) is 0 Å². The van der Waals surface area contributed by atoms with Gasteiger partial charge < -0.3 is 9.84 Å². The van der Waals surface area contributed by atoms with Gasteiger partial charge in [0.05, 0.1) is 11.8 Å². The third-order valence-electron chi connectivity index (χ3n) is 2.34. The lowest BCUT2D eigenvalue weighted by Crippen LogP contribution is -1.98. The Labute approximate surface area is 103 Å². The van der Waals surface area contributed by atoms with Gasteiger partial charge in [0, 0.05) is 6.20 Å². The molecule has 0 aliphatic carbocycles. The van der Waals surface area contributed by atoms with E-state index in [0.717, 1.165) is 0 Å². The maximum absolute atomic E-state index is 13.7. The van der Waals surface area contributed by atoms with E-state index in [-0.39, 0.29) is 17.1 Å². The Bertz CT molecular complexity index is 599. The molecule has 0 amide bonds. The Morgan fingerprint density at radius 3 is 2.89 bits per heavy atom. The van der Waals surface area contributed by atoms with Gasteiger partial charge in [-0.15, -0.1) is 0 Å². The summed E-state index contributed by atoms with van der Waals surface area (Å²) in [6, 6.07) is 6.03. The van der Waals surface area contributed by atoms with E-state index in [1.165, 1.54) is 24.5 Å². The van der Waals surface area contributed by atoms with Crippen LogP contribution in [0, 0.1) is 12.7 Å². The smallest absolute Gasteiger partial charge is 0.337 e. The summed E-state index contributed by atoms with van der Waals surface area (Å²) in [5.41, 5.74) is 0.440. The second-order valence-corrected chi connectivity index (χ2v) is 3.70. The van der Waals surface area contributed by atoms with E-state index in [4.69, 9.17) is 9.84 Å². The van der Waals surface area contributed by atoms with Crippen molar-refractivity contribution in [2.45, 2.75) is 6.92 Å². The van der Waals surface area contributed by atoms with Gasteiger partial charge in [0.1, 0.15) is 5.75 Å². The molecule has 0 spiro atoms. The van der Waals surface area contributed by atoms with Gasteiger partial charge in [0.15, 0.2) is 11.6 Å². The van der Waals surface area contributed by atoms with Gasteiger partial charge >= 0.3 is 5.97 Å². The van der Waals surface area contributed by atoms with Crippen LogP contribution in [-0.4, -0.2) is 16.1 Å². The van der Waals surface area contributed by atoms with Gasteiger partial charge in [-0.05, 0) is 24.6 Å². The van der Waals surface area contributed by atoms with Crippen LogP contribution in [0.3, 0.4) is 0 Å². The number of carboxylic acid groups (broad SMARTS) is 1. The molecule has 0 radical (unpaired) electrons. The molecule has 4 nitrogen and oxygen atoms in total. The number of rotatable bonds is 3. The van der Waals surface area contributed by atoms with Crippen LogP contribution >= 0.6 is 0 Å². The normalized spacial score (nSPS) is 10.1. The molecule has 0 aliphatic heterocycles. The average Bonchev–Trinajstić information content (AvgIpc) is 2.35. The Morgan fingerprint density at radius 1 is 1.39 bits per heavy atom. The number of hydrogen-bond donors (Lipinski definition) is 1. The molecule has 0 atom stereocenters. The van der Waals surface area contributed by atoms with Gasteiger partial charge in [0.2, 0.25) is 0 Å². The number of nitrogens with zero attached hydrogens (tertiary/aromatic N) is 1. The summed E-state index contributed by atoms with van der Waals surface area (Å²) in [4.78, 5) is 14.5. The van der Waals surface area contributed by atoms with Gasteiger partial charge in [-0.3, -0.25) is 4.98 Å². The molecule has 0 aliphatic rings. The molecule has 1 aromatic carbocycles. The topological polar surface area (TPSA) is 59.4 Å². The van der Waals surface area contributed by atoms with Crippen molar-refractivity contribution in [3.05, 3.63) is 53.6 Å². The Kier molecular flexibility index (Phi) is 3.23. The number of pyridine rings is 1. The first kappa shape index (κ1) is 12.0. The number of ether oxygens (including phenoxy) is 1. The Hall–Kier alpha value is -2.43. The second kappa shape index (κ2) is 4.83. The summed E-state index contributed by atoms with van der Waals surface area (Å²) in [7, 11) is 0. The van der Waals surface area contributed by atoms with E-state index in [9.17, 15) is 9.18 Å². The van der Waals surface area contributed by atoms with Crippen molar-refractivity contribution in [1.82, 2.24) is 4.98 Å². The zero-order valence-corrected chi connectivity index (χ0v) is 9.55. The molecule has 0 saturated carbocycles. The fourth-order valence-corrected chi connectivity index (χ4v) is 1.42. The SMILES string of the molecule is Cc1cccc(Oc2cncc(C(=O)O)c2)c1F. The molecule has 0 unspecified atom stereocenters. The summed E-state index contributed by atoms with van der Waals surface area (Å²) in [5.74, 6) is -1.37. The average molecular weight is 247 g/mol. The number of aromatic nitrogens is 1. The fourth-order valence-electron chi connectivity index (χ4n) is 1.42. The lowest BCUT2D eigenvalue weighted by molar-refractivity contribution is 0.0696. The van der Waals surface area contributed by atoms with Crippen molar-refractivity contribution in [1.29, 1.82) is 0 Å². The molecule has 1 heterocycles. The number of carbonyl (C=O) groups is 1. The highest BCUT2D eigenvalue weighted by Crippen LogP contribution is 2.25. The van der Waals surface area contributed by atoms with Crippen LogP contribution in [0.15, 0.2) is 36.7 Å². The van der Waals surface area contributed by atoms with E-state index in [2.05, 4.69) is 4.98 Å². The molecular weight excluding hydrogens is 237 g/mol. The van der Waals surface area contributed by atoms with E-state index >= 15 is 0 Å². The van der Waals surface area contributed by atoms with Crippen LogP contribution in [0.1, 0.15) is 15.9 Å². The maximum atomic E-state index is 13.7. The largest absolute Gasteiger partial charge is 0.478 e. The van der Waals surface area contributed by atoms with Crippen LogP contribution < -0.4 is 4.74 Å². The molecule has 5 heteroatoms. The number of halogens is 1. The Balaban J connectivity index is 2.31. The maximum Gasteiger partial charge on any atom is 0.337 e. The molecule has 2 rings (SSSR count). The summed E-state index contributed by atoms with van der Waals surface area (Å²) < 4.78 is 19.0. The highest BCUT2D eigenvalue weighted by atomic mass is 19.1. The number of aryl methyl sites for hydroxylation is 1. The predicted molar refractivity (Wildman–Crippen MR) is 62.4 cm³/mol. The quantitative estimate of drug-likeness (QED) is 0.905. The highest BCUT2D eigenvalue weighted by molar-refractivity contribution is 5.87. The van der Waals surface area contributed by atoms with Crippen molar-refractivity contribution >= 4 is 5.97 Å². The minimum absolute atomic E-state index is 0.0134. The standard InChI is InChI=1S/C13H10FNO3/c1-8-3-2-4-11(12(8)14)18-10-5-9(13(16)17)6-15-7-10/h2-7H,1H3,(H,16,17). The third kappa shape index (κ3) is 2.45. The van der Waals surface area contributed by atoms with Gasteiger partial charge in [-0.25, -0.2) is 9.18 Å². The summed E-state index contributed by atoms with van der Waals surface area (Å²) in [6.07, 6.45) is 2.52. The first-order valence-corrected chi connectivity index (χ1v) is 5.19. The number of benzene rings is 1. The summed E-state index contributed by atoms with van der Waals surface area (Å²) in [6.45, 7) is 1.62. The predicted octanol–water partition coefficient (Wildman–Crippen LogP) is 3.02. The van der Waals surface area contributed by atoms with Gasteiger partial charge in [0.25, 0.3) is 0 Å². The molecular formula is C13H10FNO3. The van der Waals surface area contributed by atoms with Crippen molar-refractivity contribution in [3.63, 3.8) is 0 Å². The molecule has 0 saturated heterocycles. The fraction of sp³-hybridized carbons (Fsp3) is 0.0769. The second-order valence-electron chi connectivity index (χ2n) is 3.70. The van der Waals surface area contributed by atoms with Gasteiger partial charge in [-0.2, -0.15) is 0 Å². The number of aromatic carboxylic acids is 1. The van der Waals surface area contributed by atoms with E-state index in [0.29, 0.717) is 5.56 Å². The molecule has 0 bridgehead atoms. The van der Waals surface area contributed by atoms with Crippen LogP contribution in [-0.2, 0) is 0 Å². The van der Waals surface area contributed by atoms with Crippen molar-refractivity contribution in [2.75, 3.05) is 0 Å². The van der Waals surface area contributed by atoms with E-state index < -0.39 is 11.8 Å². The molecule has 1 N–H and O–H groups in total. The summed E-state index contributed by atoms with van der Waals surface area (Å²) >= 11 is 0. The molecule has 0 fully saturated rings. The molecule has 92 valence electrons.